The SMILES string of the molecule is CNCC(C)C1(C(C)C(C)C)CC(C)(C)C1C. The van der Waals surface area contributed by atoms with Gasteiger partial charge < -0.3 is 5.32 Å². The highest BCUT2D eigenvalue weighted by molar-refractivity contribution is 5.09. The Morgan fingerprint density at radius 1 is 1.18 bits per heavy atom. The third-order valence-corrected chi connectivity index (χ3v) is 6.02. The Bertz CT molecular complexity index is 250. The van der Waals surface area contributed by atoms with Gasteiger partial charge in [0.05, 0.1) is 0 Å². The van der Waals surface area contributed by atoms with Crippen LogP contribution in [0.3, 0.4) is 0 Å². The summed E-state index contributed by atoms with van der Waals surface area (Å²) in [4.78, 5) is 0. The van der Waals surface area contributed by atoms with Crippen LogP contribution in [0.4, 0.5) is 0 Å². The highest BCUT2D eigenvalue weighted by Gasteiger charge is 2.60. The van der Waals surface area contributed by atoms with Gasteiger partial charge in [-0.05, 0) is 54.5 Å². The van der Waals surface area contributed by atoms with E-state index in [0.29, 0.717) is 10.8 Å². The minimum atomic E-state index is 0.533. The van der Waals surface area contributed by atoms with Crippen LogP contribution in [0.15, 0.2) is 0 Å². The van der Waals surface area contributed by atoms with Gasteiger partial charge in [0.25, 0.3) is 0 Å². The van der Waals surface area contributed by atoms with Gasteiger partial charge in [-0.15, -0.1) is 0 Å². The Morgan fingerprint density at radius 3 is 2.00 bits per heavy atom. The largest absolute Gasteiger partial charge is 0.319 e. The van der Waals surface area contributed by atoms with Gasteiger partial charge >= 0.3 is 0 Å². The van der Waals surface area contributed by atoms with E-state index in [1.807, 2.05) is 0 Å². The van der Waals surface area contributed by atoms with Crippen LogP contribution in [0.25, 0.3) is 0 Å². The van der Waals surface area contributed by atoms with E-state index < -0.39 is 0 Å². The molecule has 0 spiro atoms. The quantitative estimate of drug-likeness (QED) is 0.758. The smallest absolute Gasteiger partial charge is 0.00206 e. The maximum Gasteiger partial charge on any atom is -0.00206 e. The van der Waals surface area contributed by atoms with Crippen LogP contribution in [0.1, 0.15) is 54.9 Å². The van der Waals surface area contributed by atoms with E-state index in [4.69, 9.17) is 0 Å². The molecule has 4 atom stereocenters. The minimum Gasteiger partial charge on any atom is -0.319 e. The standard InChI is InChI=1S/C16H33N/c1-11(2)13(4)16(12(3)9-17-8)10-15(6,7)14(16)5/h11-14,17H,9-10H2,1-8H3. The van der Waals surface area contributed by atoms with Crippen molar-refractivity contribution in [3.05, 3.63) is 0 Å². The van der Waals surface area contributed by atoms with Crippen LogP contribution in [-0.4, -0.2) is 13.6 Å². The lowest BCUT2D eigenvalue weighted by Crippen LogP contribution is -2.60. The summed E-state index contributed by atoms with van der Waals surface area (Å²) in [5.41, 5.74) is 1.08. The molecule has 1 rings (SSSR count). The van der Waals surface area contributed by atoms with Crippen LogP contribution < -0.4 is 5.32 Å². The monoisotopic (exact) mass is 239 g/mol. The van der Waals surface area contributed by atoms with Crippen LogP contribution >= 0.6 is 0 Å². The predicted octanol–water partition coefficient (Wildman–Crippen LogP) is 4.19. The summed E-state index contributed by atoms with van der Waals surface area (Å²) in [6.07, 6.45) is 1.39. The second-order valence-corrected chi connectivity index (χ2v) is 7.49. The van der Waals surface area contributed by atoms with Gasteiger partial charge in [-0.2, -0.15) is 0 Å². The summed E-state index contributed by atoms with van der Waals surface area (Å²) in [6, 6.07) is 0. The Kier molecular flexibility index (Phi) is 4.34. The lowest BCUT2D eigenvalue weighted by molar-refractivity contribution is -0.173. The van der Waals surface area contributed by atoms with Crippen molar-refractivity contribution in [2.75, 3.05) is 13.6 Å². The topological polar surface area (TPSA) is 12.0 Å². The van der Waals surface area contributed by atoms with Crippen molar-refractivity contribution in [1.82, 2.24) is 5.32 Å². The Hall–Kier alpha value is -0.0400. The molecular formula is C16H33N. The number of hydrogen-bond donors (Lipinski definition) is 1. The molecule has 0 aromatic rings. The Labute approximate surface area is 109 Å². The fourth-order valence-electron chi connectivity index (χ4n) is 4.41. The fourth-order valence-corrected chi connectivity index (χ4v) is 4.41. The van der Waals surface area contributed by atoms with Gasteiger partial charge in [0.1, 0.15) is 0 Å². The molecule has 1 aliphatic carbocycles. The van der Waals surface area contributed by atoms with E-state index in [0.717, 1.165) is 30.2 Å². The molecule has 0 aromatic heterocycles. The van der Waals surface area contributed by atoms with Gasteiger partial charge in [0.2, 0.25) is 0 Å². The van der Waals surface area contributed by atoms with Crippen molar-refractivity contribution >= 4 is 0 Å². The molecule has 0 heterocycles. The molecule has 0 amide bonds. The second kappa shape index (κ2) is 4.91. The number of rotatable bonds is 5. The van der Waals surface area contributed by atoms with Crippen molar-refractivity contribution in [3.8, 4) is 0 Å². The molecular weight excluding hydrogens is 206 g/mol. The Morgan fingerprint density at radius 2 is 1.71 bits per heavy atom. The molecule has 1 aliphatic rings. The van der Waals surface area contributed by atoms with Crippen LogP contribution in [0.2, 0.25) is 0 Å². The first-order valence-corrected chi connectivity index (χ1v) is 7.34. The lowest BCUT2D eigenvalue weighted by atomic mass is 9.39. The van der Waals surface area contributed by atoms with E-state index in [-0.39, 0.29) is 0 Å². The summed E-state index contributed by atoms with van der Waals surface area (Å²) in [5.74, 6) is 3.20. The van der Waals surface area contributed by atoms with Crippen molar-refractivity contribution in [2.45, 2.75) is 54.9 Å². The molecule has 1 heteroatoms. The van der Waals surface area contributed by atoms with Gasteiger partial charge in [-0.25, -0.2) is 0 Å². The normalized spacial score (nSPS) is 35.5. The Balaban J connectivity index is 2.96. The molecule has 0 radical (unpaired) electrons. The zero-order chi connectivity index (χ0) is 13.4. The van der Waals surface area contributed by atoms with Gasteiger partial charge in [0, 0.05) is 0 Å². The minimum absolute atomic E-state index is 0.533. The average Bonchev–Trinajstić information content (AvgIpc) is 2.24. The second-order valence-electron chi connectivity index (χ2n) is 7.49. The van der Waals surface area contributed by atoms with Crippen LogP contribution in [0.5, 0.6) is 0 Å². The van der Waals surface area contributed by atoms with E-state index in [9.17, 15) is 0 Å². The summed E-state index contributed by atoms with van der Waals surface area (Å²) in [6.45, 7) is 18.2. The van der Waals surface area contributed by atoms with Crippen molar-refractivity contribution in [3.63, 3.8) is 0 Å². The maximum absolute atomic E-state index is 3.38. The summed E-state index contributed by atoms with van der Waals surface area (Å²) in [7, 11) is 2.08. The molecule has 1 saturated carbocycles. The molecule has 102 valence electrons. The first kappa shape index (κ1) is 15.0. The molecule has 1 N–H and O–H groups in total. The zero-order valence-electron chi connectivity index (χ0n) is 13.2. The van der Waals surface area contributed by atoms with E-state index >= 15 is 0 Å². The lowest BCUT2D eigenvalue weighted by Gasteiger charge is -2.66. The maximum atomic E-state index is 3.38. The van der Waals surface area contributed by atoms with Gasteiger partial charge in [-0.3, -0.25) is 0 Å². The van der Waals surface area contributed by atoms with Crippen molar-refractivity contribution < 1.29 is 0 Å². The van der Waals surface area contributed by atoms with E-state index in [1.54, 1.807) is 0 Å². The molecule has 17 heavy (non-hydrogen) atoms. The third kappa shape index (κ3) is 2.28. The molecule has 1 fully saturated rings. The molecule has 0 aliphatic heterocycles. The summed E-state index contributed by atoms with van der Waals surface area (Å²) in [5, 5.41) is 3.38. The highest BCUT2D eigenvalue weighted by Crippen LogP contribution is 2.66. The highest BCUT2D eigenvalue weighted by atomic mass is 14.8. The number of nitrogens with one attached hydrogen (secondary N) is 1. The predicted molar refractivity (Wildman–Crippen MR) is 77.1 cm³/mol. The first-order chi connectivity index (χ1) is 7.70. The summed E-state index contributed by atoms with van der Waals surface area (Å²) >= 11 is 0. The van der Waals surface area contributed by atoms with E-state index in [2.05, 4.69) is 60.8 Å². The van der Waals surface area contributed by atoms with Crippen LogP contribution in [0, 0.1) is 34.5 Å². The first-order valence-electron chi connectivity index (χ1n) is 7.34. The molecule has 0 bridgehead atoms. The fraction of sp³-hybridized carbons (Fsp3) is 1.00. The third-order valence-electron chi connectivity index (χ3n) is 6.02. The van der Waals surface area contributed by atoms with Crippen molar-refractivity contribution in [2.24, 2.45) is 34.5 Å². The van der Waals surface area contributed by atoms with Gasteiger partial charge in [0.15, 0.2) is 0 Å². The molecule has 0 aromatic carbocycles. The van der Waals surface area contributed by atoms with Crippen molar-refractivity contribution in [1.29, 1.82) is 0 Å². The van der Waals surface area contributed by atoms with Crippen LogP contribution in [-0.2, 0) is 0 Å². The molecule has 0 saturated heterocycles. The average molecular weight is 239 g/mol. The summed E-state index contributed by atoms with van der Waals surface area (Å²) < 4.78 is 0. The molecule has 1 nitrogen and oxygen atoms in total. The van der Waals surface area contributed by atoms with Gasteiger partial charge in [-0.1, -0.05) is 48.5 Å². The van der Waals surface area contributed by atoms with E-state index in [1.165, 1.54) is 6.42 Å². The molecule has 4 unspecified atom stereocenters. The number of hydrogen-bond acceptors (Lipinski definition) is 1. The zero-order valence-corrected chi connectivity index (χ0v) is 13.2.